The number of hydrogen-bond donors (Lipinski definition) is 1. The molecular weight excluding hydrogens is 260 g/mol. The number of para-hydroxylation sites is 1. The molecule has 1 aliphatic rings. The van der Waals surface area contributed by atoms with E-state index in [0.717, 1.165) is 38.5 Å². The van der Waals surface area contributed by atoms with Crippen LogP contribution in [-0.4, -0.2) is 37.2 Å². The van der Waals surface area contributed by atoms with Crippen molar-refractivity contribution in [3.63, 3.8) is 0 Å². The van der Waals surface area contributed by atoms with Crippen LogP contribution in [0.1, 0.15) is 39.2 Å². The van der Waals surface area contributed by atoms with Crippen molar-refractivity contribution in [2.24, 2.45) is 5.92 Å². The number of ether oxygens (including phenoxy) is 1. The third kappa shape index (κ3) is 4.72. The lowest BCUT2D eigenvalue weighted by atomic mass is 9.98. The zero-order chi connectivity index (χ0) is 15.1. The van der Waals surface area contributed by atoms with E-state index in [0.29, 0.717) is 12.0 Å². The Morgan fingerprint density at radius 2 is 2.10 bits per heavy atom. The van der Waals surface area contributed by atoms with Crippen molar-refractivity contribution in [3.05, 3.63) is 29.8 Å². The summed E-state index contributed by atoms with van der Waals surface area (Å²) in [6.45, 7) is 11.9. The van der Waals surface area contributed by atoms with Crippen LogP contribution < -0.4 is 10.1 Å². The minimum Gasteiger partial charge on any atom is -0.492 e. The quantitative estimate of drug-likeness (QED) is 0.834. The molecule has 0 spiro atoms. The molecule has 0 fully saturated rings. The van der Waals surface area contributed by atoms with Gasteiger partial charge in [-0.2, -0.15) is 0 Å². The van der Waals surface area contributed by atoms with Crippen molar-refractivity contribution in [2.75, 3.05) is 26.2 Å². The molecule has 2 atom stereocenters. The maximum atomic E-state index is 5.87. The van der Waals surface area contributed by atoms with Gasteiger partial charge in [0, 0.05) is 31.2 Å². The van der Waals surface area contributed by atoms with Gasteiger partial charge in [0.1, 0.15) is 12.4 Å². The monoisotopic (exact) mass is 290 g/mol. The van der Waals surface area contributed by atoms with Crippen LogP contribution in [0.5, 0.6) is 5.75 Å². The minimum absolute atomic E-state index is 0.570. The van der Waals surface area contributed by atoms with Gasteiger partial charge >= 0.3 is 0 Å². The van der Waals surface area contributed by atoms with Crippen molar-refractivity contribution in [2.45, 2.75) is 46.2 Å². The Bertz CT molecular complexity index is 421. The molecule has 0 aromatic heterocycles. The Hall–Kier alpha value is -1.06. The highest BCUT2D eigenvalue weighted by Crippen LogP contribution is 2.23. The molecule has 2 unspecified atom stereocenters. The van der Waals surface area contributed by atoms with Crippen LogP contribution in [0.2, 0.25) is 0 Å². The van der Waals surface area contributed by atoms with Crippen molar-refractivity contribution in [1.82, 2.24) is 10.2 Å². The third-order valence-electron chi connectivity index (χ3n) is 4.47. The topological polar surface area (TPSA) is 24.5 Å². The molecule has 0 bridgehead atoms. The molecule has 0 aliphatic carbocycles. The molecule has 0 saturated carbocycles. The van der Waals surface area contributed by atoms with Gasteiger partial charge in [0.2, 0.25) is 0 Å². The molecule has 1 aromatic carbocycles. The molecule has 2 rings (SSSR count). The lowest BCUT2D eigenvalue weighted by molar-refractivity contribution is 0.186. The summed E-state index contributed by atoms with van der Waals surface area (Å²) in [4.78, 5) is 2.53. The van der Waals surface area contributed by atoms with Crippen molar-refractivity contribution in [1.29, 1.82) is 0 Å². The first-order valence-electron chi connectivity index (χ1n) is 8.41. The smallest absolute Gasteiger partial charge is 0.123 e. The number of benzene rings is 1. The maximum Gasteiger partial charge on any atom is 0.123 e. The van der Waals surface area contributed by atoms with Crippen molar-refractivity contribution in [3.8, 4) is 5.75 Å². The highest BCUT2D eigenvalue weighted by atomic mass is 16.5. The third-order valence-corrected chi connectivity index (χ3v) is 4.47. The Morgan fingerprint density at radius 1 is 1.29 bits per heavy atom. The van der Waals surface area contributed by atoms with E-state index in [1.54, 1.807) is 0 Å². The predicted molar refractivity (Wildman–Crippen MR) is 88.8 cm³/mol. The fourth-order valence-electron chi connectivity index (χ4n) is 2.87. The Balaban J connectivity index is 1.99. The second kappa shape index (κ2) is 8.40. The number of hydrogen-bond acceptors (Lipinski definition) is 3. The lowest BCUT2D eigenvalue weighted by Crippen LogP contribution is -2.45. The molecule has 3 heteroatoms. The van der Waals surface area contributed by atoms with Crippen LogP contribution in [0.15, 0.2) is 24.3 Å². The molecule has 3 nitrogen and oxygen atoms in total. The highest BCUT2D eigenvalue weighted by molar-refractivity contribution is 5.33. The predicted octanol–water partition coefficient (Wildman–Crippen LogP) is 3.30. The van der Waals surface area contributed by atoms with E-state index in [-0.39, 0.29) is 0 Å². The van der Waals surface area contributed by atoms with Gasteiger partial charge in [0.25, 0.3) is 0 Å². The van der Waals surface area contributed by atoms with E-state index >= 15 is 0 Å². The fourth-order valence-corrected chi connectivity index (χ4v) is 2.87. The number of fused-ring (bicyclic) bond motifs is 1. The summed E-state index contributed by atoms with van der Waals surface area (Å²) < 4.78 is 5.87. The van der Waals surface area contributed by atoms with Gasteiger partial charge in [0.05, 0.1) is 0 Å². The number of nitrogens with zero attached hydrogens (tertiary/aromatic N) is 1. The molecule has 1 aromatic rings. The SMILES string of the molecule is CCCNC(CN1CCOc2ccccc2C1)C(C)CC. The molecule has 1 heterocycles. The molecule has 1 N–H and O–H groups in total. The summed E-state index contributed by atoms with van der Waals surface area (Å²) in [5.74, 6) is 1.76. The Labute approximate surface area is 129 Å². The summed E-state index contributed by atoms with van der Waals surface area (Å²) >= 11 is 0. The van der Waals surface area contributed by atoms with E-state index in [1.165, 1.54) is 18.4 Å². The summed E-state index contributed by atoms with van der Waals surface area (Å²) in [6.07, 6.45) is 2.42. The summed E-state index contributed by atoms with van der Waals surface area (Å²) in [5.41, 5.74) is 1.31. The van der Waals surface area contributed by atoms with E-state index in [9.17, 15) is 0 Å². The first-order chi connectivity index (χ1) is 10.2. The number of nitrogens with one attached hydrogen (secondary N) is 1. The van der Waals surface area contributed by atoms with Gasteiger partial charge in [-0.25, -0.2) is 0 Å². The van der Waals surface area contributed by atoms with Gasteiger partial charge in [-0.15, -0.1) is 0 Å². The zero-order valence-electron chi connectivity index (χ0n) is 13.8. The van der Waals surface area contributed by atoms with Crippen LogP contribution in [0.4, 0.5) is 0 Å². The average molecular weight is 290 g/mol. The summed E-state index contributed by atoms with van der Waals surface area (Å²) in [6, 6.07) is 9.00. The molecule has 21 heavy (non-hydrogen) atoms. The number of rotatable bonds is 7. The van der Waals surface area contributed by atoms with Crippen LogP contribution in [0.25, 0.3) is 0 Å². The van der Waals surface area contributed by atoms with Crippen molar-refractivity contribution >= 4 is 0 Å². The van der Waals surface area contributed by atoms with E-state index in [1.807, 2.05) is 0 Å². The zero-order valence-corrected chi connectivity index (χ0v) is 13.8. The van der Waals surface area contributed by atoms with Crippen LogP contribution >= 0.6 is 0 Å². The second-order valence-electron chi connectivity index (χ2n) is 6.14. The van der Waals surface area contributed by atoms with Crippen molar-refractivity contribution < 1.29 is 4.74 Å². The Morgan fingerprint density at radius 3 is 2.86 bits per heavy atom. The van der Waals surface area contributed by atoms with Crippen LogP contribution in [0.3, 0.4) is 0 Å². The first kappa shape index (κ1) is 16.3. The summed E-state index contributed by atoms with van der Waals surface area (Å²) in [5, 5.41) is 3.73. The first-order valence-corrected chi connectivity index (χ1v) is 8.41. The van der Waals surface area contributed by atoms with Gasteiger partial charge in [-0.3, -0.25) is 4.90 Å². The average Bonchev–Trinajstić information content (AvgIpc) is 2.72. The molecule has 0 saturated heterocycles. The second-order valence-corrected chi connectivity index (χ2v) is 6.14. The van der Waals surface area contributed by atoms with Gasteiger partial charge in [-0.1, -0.05) is 45.4 Å². The maximum absolute atomic E-state index is 5.87. The molecule has 118 valence electrons. The molecule has 0 radical (unpaired) electrons. The van der Waals surface area contributed by atoms with E-state index < -0.39 is 0 Å². The van der Waals surface area contributed by atoms with Crippen LogP contribution in [-0.2, 0) is 6.54 Å². The largest absolute Gasteiger partial charge is 0.492 e. The molecular formula is C18H30N2O. The molecule has 0 amide bonds. The summed E-state index contributed by atoms with van der Waals surface area (Å²) in [7, 11) is 0. The standard InChI is InChI=1S/C18H30N2O/c1-4-10-19-17(15(3)5-2)14-20-11-12-21-18-9-7-6-8-16(18)13-20/h6-9,15,17,19H,4-5,10-14H2,1-3H3. The fraction of sp³-hybridized carbons (Fsp3) is 0.667. The van der Waals surface area contributed by atoms with Gasteiger partial charge in [0.15, 0.2) is 0 Å². The lowest BCUT2D eigenvalue weighted by Gasteiger charge is -2.30. The van der Waals surface area contributed by atoms with Gasteiger partial charge in [-0.05, 0) is 24.9 Å². The molecule has 1 aliphatic heterocycles. The normalized spacial score (nSPS) is 18.4. The van der Waals surface area contributed by atoms with Gasteiger partial charge < -0.3 is 10.1 Å². The Kier molecular flexibility index (Phi) is 6.52. The highest BCUT2D eigenvalue weighted by Gasteiger charge is 2.21. The van der Waals surface area contributed by atoms with Crippen LogP contribution in [0, 0.1) is 5.92 Å². The van der Waals surface area contributed by atoms with E-state index in [2.05, 4.69) is 55.3 Å². The van der Waals surface area contributed by atoms with E-state index in [4.69, 9.17) is 4.74 Å². The minimum atomic E-state index is 0.570.